The van der Waals surface area contributed by atoms with Crippen LogP contribution >= 0.6 is 0 Å². The third kappa shape index (κ3) is 3.32. The van der Waals surface area contributed by atoms with E-state index in [1.165, 1.54) is 0 Å². The minimum absolute atomic E-state index is 0.0557. The summed E-state index contributed by atoms with van der Waals surface area (Å²) >= 11 is 0. The fraction of sp³-hybridized carbons (Fsp3) is 0.429. The lowest BCUT2D eigenvalue weighted by atomic mass is 9.96. The number of hydrogen-bond donors (Lipinski definition) is 1. The second-order valence-corrected chi connectivity index (χ2v) is 7.88. The van der Waals surface area contributed by atoms with Crippen LogP contribution in [0.4, 0.5) is 20.4 Å². The molecule has 2 aliphatic heterocycles. The van der Waals surface area contributed by atoms with Gasteiger partial charge in [-0.1, -0.05) is 0 Å². The van der Waals surface area contributed by atoms with Crippen molar-refractivity contribution in [1.82, 2.24) is 19.6 Å². The Balaban J connectivity index is 1.41. The Kier molecular flexibility index (Phi) is 4.69. The van der Waals surface area contributed by atoms with Gasteiger partial charge >= 0.3 is 0 Å². The van der Waals surface area contributed by atoms with Crippen molar-refractivity contribution in [2.75, 3.05) is 31.7 Å². The van der Waals surface area contributed by atoms with E-state index in [0.717, 1.165) is 33.9 Å². The molecule has 0 aromatic carbocycles. The van der Waals surface area contributed by atoms with Gasteiger partial charge in [0, 0.05) is 23.4 Å². The highest BCUT2D eigenvalue weighted by Gasteiger charge is 2.38. The van der Waals surface area contributed by atoms with Crippen LogP contribution in [0.1, 0.15) is 31.4 Å². The van der Waals surface area contributed by atoms with Crippen molar-refractivity contribution in [3.63, 3.8) is 0 Å². The van der Waals surface area contributed by atoms with E-state index in [-0.39, 0.29) is 32.4 Å². The maximum atomic E-state index is 14.1. The molecule has 0 amide bonds. The molecular weight excluding hydrogens is 390 g/mol. The largest absolute Gasteiger partial charge is 0.374 e. The van der Waals surface area contributed by atoms with Gasteiger partial charge in [0.25, 0.3) is 0 Å². The van der Waals surface area contributed by atoms with Crippen molar-refractivity contribution < 1.29 is 13.5 Å². The van der Waals surface area contributed by atoms with E-state index in [2.05, 4.69) is 20.4 Å². The van der Waals surface area contributed by atoms with E-state index in [1.807, 2.05) is 31.3 Å². The van der Waals surface area contributed by atoms with E-state index in [1.54, 1.807) is 10.7 Å². The van der Waals surface area contributed by atoms with E-state index < -0.39 is 5.67 Å². The van der Waals surface area contributed by atoms with Gasteiger partial charge in [0.1, 0.15) is 0 Å². The van der Waals surface area contributed by atoms with E-state index >= 15 is 0 Å². The van der Waals surface area contributed by atoms with Gasteiger partial charge in [-0.2, -0.15) is 0 Å². The molecule has 0 aliphatic carbocycles. The van der Waals surface area contributed by atoms with Crippen LogP contribution in [0.15, 0.2) is 35.6 Å². The fourth-order valence-electron chi connectivity index (χ4n) is 3.92. The lowest BCUT2D eigenvalue weighted by Crippen LogP contribution is -2.50. The number of hydrogen-bond acceptors (Lipinski definition) is 6. The first-order valence-corrected chi connectivity index (χ1v) is 10.0. The number of fused-ring (bicyclic) bond motifs is 2. The molecule has 0 bridgehead atoms. The summed E-state index contributed by atoms with van der Waals surface area (Å²) in [6.45, 7) is 1.92. The molecule has 3 aromatic rings. The van der Waals surface area contributed by atoms with Crippen LogP contribution in [0.5, 0.6) is 0 Å². The summed E-state index contributed by atoms with van der Waals surface area (Å²) in [5.74, 6) is 0.408. The Labute approximate surface area is 172 Å². The second-order valence-electron chi connectivity index (χ2n) is 7.88. The van der Waals surface area contributed by atoms with Crippen molar-refractivity contribution in [3.8, 4) is 11.3 Å². The third-order valence-electron chi connectivity index (χ3n) is 5.64. The van der Waals surface area contributed by atoms with Gasteiger partial charge in [-0.3, -0.25) is 9.38 Å². The van der Waals surface area contributed by atoms with Crippen molar-refractivity contribution in [2.45, 2.75) is 31.4 Å². The summed E-state index contributed by atoms with van der Waals surface area (Å²) in [5, 5.41) is 7.35. The van der Waals surface area contributed by atoms with Crippen LogP contribution in [-0.4, -0.2) is 57.4 Å². The standard InChI is InChI=1S/C21H22F2N6O/c1-13-14(3-2-7-22)19-17(26-13)5-4-16(27-19)15-6-8-29-18(15)9-24-20(28-29)25-10-21(23)11-30-12-21/h4-6,8-9,14H,2-3,7,10-12H2,1H3,(H,25,28)/t14-/m1/s1. The SMILES string of the molecule is CC1=Nc2ccc(-c3ccn4nc(NCC5(F)COC5)ncc34)nc2[C@@H]1CCCF. The maximum Gasteiger partial charge on any atom is 0.241 e. The quantitative estimate of drug-likeness (QED) is 0.637. The molecule has 0 saturated carbocycles. The predicted molar refractivity (Wildman–Crippen MR) is 110 cm³/mol. The molecule has 1 N–H and O–H groups in total. The van der Waals surface area contributed by atoms with Crippen molar-refractivity contribution in [1.29, 1.82) is 0 Å². The summed E-state index contributed by atoms with van der Waals surface area (Å²) in [7, 11) is 0. The first-order chi connectivity index (χ1) is 14.6. The zero-order valence-corrected chi connectivity index (χ0v) is 16.6. The first kappa shape index (κ1) is 19.0. The van der Waals surface area contributed by atoms with Crippen LogP contribution in [0.2, 0.25) is 0 Å². The Bertz CT molecular complexity index is 1120. The topological polar surface area (TPSA) is 76.7 Å². The number of aromatic nitrogens is 4. The number of rotatable bonds is 7. The number of pyridine rings is 1. The van der Waals surface area contributed by atoms with Crippen LogP contribution in [-0.2, 0) is 4.74 Å². The molecule has 2 aliphatic rings. The Morgan fingerprint density at radius 2 is 2.17 bits per heavy atom. The van der Waals surface area contributed by atoms with Gasteiger partial charge in [0.15, 0.2) is 5.67 Å². The molecule has 5 rings (SSSR count). The van der Waals surface area contributed by atoms with E-state index in [0.29, 0.717) is 18.8 Å². The van der Waals surface area contributed by atoms with Crippen LogP contribution in [0.25, 0.3) is 16.8 Å². The number of ether oxygens (including phenoxy) is 1. The number of alkyl halides is 2. The smallest absolute Gasteiger partial charge is 0.241 e. The Morgan fingerprint density at radius 3 is 2.93 bits per heavy atom. The minimum atomic E-state index is -1.35. The molecule has 5 heterocycles. The minimum Gasteiger partial charge on any atom is -0.374 e. The molecule has 0 unspecified atom stereocenters. The fourth-order valence-corrected chi connectivity index (χ4v) is 3.92. The molecule has 156 valence electrons. The van der Waals surface area contributed by atoms with Gasteiger partial charge in [0.2, 0.25) is 5.95 Å². The highest BCUT2D eigenvalue weighted by atomic mass is 19.1. The molecule has 30 heavy (non-hydrogen) atoms. The lowest BCUT2D eigenvalue weighted by Gasteiger charge is -2.33. The van der Waals surface area contributed by atoms with Crippen molar-refractivity contribution in [2.24, 2.45) is 4.99 Å². The van der Waals surface area contributed by atoms with Crippen molar-refractivity contribution >= 4 is 22.9 Å². The predicted octanol–water partition coefficient (Wildman–Crippen LogP) is 3.88. The second kappa shape index (κ2) is 7.39. The van der Waals surface area contributed by atoms with E-state index in [4.69, 9.17) is 9.72 Å². The first-order valence-electron chi connectivity index (χ1n) is 10.0. The Morgan fingerprint density at radius 1 is 1.30 bits per heavy atom. The highest BCUT2D eigenvalue weighted by molar-refractivity contribution is 5.96. The van der Waals surface area contributed by atoms with Gasteiger partial charge in [0.05, 0.1) is 55.2 Å². The number of anilines is 1. The van der Waals surface area contributed by atoms with Crippen LogP contribution in [0.3, 0.4) is 0 Å². The molecule has 9 heteroatoms. The zero-order valence-electron chi connectivity index (χ0n) is 16.6. The molecular formula is C21H22F2N6O. The number of nitrogens with zero attached hydrogens (tertiary/aromatic N) is 5. The molecule has 7 nitrogen and oxygen atoms in total. The summed E-state index contributed by atoms with van der Waals surface area (Å²) in [6, 6.07) is 5.81. The summed E-state index contributed by atoms with van der Waals surface area (Å²) < 4.78 is 33.4. The summed E-state index contributed by atoms with van der Waals surface area (Å²) in [6.07, 6.45) is 4.72. The average Bonchev–Trinajstić information content (AvgIpc) is 3.28. The summed E-state index contributed by atoms with van der Waals surface area (Å²) in [5.41, 5.74) is 3.86. The number of halogens is 2. The molecule has 1 saturated heterocycles. The number of aliphatic imine (C=N–C) groups is 1. The van der Waals surface area contributed by atoms with E-state index in [9.17, 15) is 8.78 Å². The van der Waals surface area contributed by atoms with Gasteiger partial charge in [-0.25, -0.2) is 18.9 Å². The normalized spacial score (nSPS) is 19.4. The zero-order chi connectivity index (χ0) is 20.7. The summed E-state index contributed by atoms with van der Waals surface area (Å²) in [4.78, 5) is 13.8. The highest BCUT2D eigenvalue weighted by Crippen LogP contribution is 2.38. The average molecular weight is 412 g/mol. The third-order valence-corrected chi connectivity index (χ3v) is 5.64. The molecule has 0 spiro atoms. The monoisotopic (exact) mass is 412 g/mol. The van der Waals surface area contributed by atoms with Gasteiger partial charge < -0.3 is 10.1 Å². The van der Waals surface area contributed by atoms with Gasteiger partial charge in [-0.15, -0.1) is 5.10 Å². The van der Waals surface area contributed by atoms with Gasteiger partial charge in [-0.05, 0) is 38.0 Å². The molecule has 1 fully saturated rings. The molecule has 3 aromatic heterocycles. The molecule has 0 radical (unpaired) electrons. The van der Waals surface area contributed by atoms with Crippen LogP contribution < -0.4 is 5.32 Å². The Hall–Kier alpha value is -2.94. The number of nitrogens with one attached hydrogen (secondary N) is 1. The lowest BCUT2D eigenvalue weighted by molar-refractivity contribution is -0.121. The molecule has 1 atom stereocenters. The van der Waals surface area contributed by atoms with Crippen molar-refractivity contribution in [3.05, 3.63) is 36.3 Å². The maximum absolute atomic E-state index is 14.1. The van der Waals surface area contributed by atoms with Crippen LogP contribution in [0, 0.1) is 0 Å².